The fourth-order valence-corrected chi connectivity index (χ4v) is 4.57. The minimum atomic E-state index is -3.34. The highest BCUT2D eigenvalue weighted by Crippen LogP contribution is 2.36. The van der Waals surface area contributed by atoms with E-state index in [4.69, 9.17) is 4.74 Å². The summed E-state index contributed by atoms with van der Waals surface area (Å²) in [7, 11) is -2.01. The van der Waals surface area contributed by atoms with E-state index in [0.29, 0.717) is 5.56 Å². The molecule has 1 heterocycles. The Morgan fingerprint density at radius 3 is 2.65 bits per heavy atom. The second kappa shape index (κ2) is 5.05. The summed E-state index contributed by atoms with van der Waals surface area (Å²) in [5.74, 6) is -2.22. The zero-order valence-electron chi connectivity index (χ0n) is 10.9. The monoisotopic (exact) mass is 302 g/mol. The number of sulfone groups is 1. The second-order valence-electron chi connectivity index (χ2n) is 5.07. The smallest absolute Gasteiger partial charge is 0.311 e. The number of ether oxygens (including phenoxy) is 1. The fraction of sp³-hybridized carbons (Fsp3) is 0.462. The maximum Gasteiger partial charge on any atom is 0.311 e. The standard InChI is InChI=1S/C13H15FO5S/c1-19-11-3-2-9(6-10(11)14)7-13(12(15)16)4-5-20(17,18)8-13/h2-3,6H,4-5,7-8H2,1H3,(H,15,16). The summed E-state index contributed by atoms with van der Waals surface area (Å²) in [6, 6.07) is 4.15. The number of carboxylic acids is 1. The van der Waals surface area contributed by atoms with Crippen LogP contribution in [0, 0.1) is 11.2 Å². The van der Waals surface area contributed by atoms with Crippen LogP contribution in [0.15, 0.2) is 18.2 Å². The van der Waals surface area contributed by atoms with Gasteiger partial charge in [-0.25, -0.2) is 12.8 Å². The van der Waals surface area contributed by atoms with E-state index in [1.165, 1.54) is 19.2 Å². The molecule has 2 rings (SSSR count). The van der Waals surface area contributed by atoms with E-state index < -0.39 is 32.8 Å². The minimum absolute atomic E-state index is 0.0114. The van der Waals surface area contributed by atoms with Gasteiger partial charge in [-0.15, -0.1) is 0 Å². The molecule has 20 heavy (non-hydrogen) atoms. The lowest BCUT2D eigenvalue weighted by molar-refractivity contribution is -0.147. The Balaban J connectivity index is 2.31. The lowest BCUT2D eigenvalue weighted by Gasteiger charge is -2.22. The van der Waals surface area contributed by atoms with E-state index in [1.807, 2.05) is 0 Å². The van der Waals surface area contributed by atoms with E-state index in [-0.39, 0.29) is 24.3 Å². The van der Waals surface area contributed by atoms with Crippen LogP contribution in [0.25, 0.3) is 0 Å². The minimum Gasteiger partial charge on any atom is -0.494 e. The summed E-state index contributed by atoms with van der Waals surface area (Å²) in [5.41, 5.74) is -0.914. The first-order valence-corrected chi connectivity index (χ1v) is 7.86. The molecule has 0 amide bonds. The number of aliphatic carboxylic acids is 1. The van der Waals surface area contributed by atoms with Crippen molar-refractivity contribution in [3.8, 4) is 5.75 Å². The van der Waals surface area contributed by atoms with E-state index in [2.05, 4.69) is 0 Å². The molecule has 0 aromatic heterocycles. The van der Waals surface area contributed by atoms with Crippen molar-refractivity contribution in [2.24, 2.45) is 5.41 Å². The molecule has 7 heteroatoms. The van der Waals surface area contributed by atoms with Crippen LogP contribution in [0.5, 0.6) is 5.75 Å². The third kappa shape index (κ3) is 2.77. The SMILES string of the molecule is COc1ccc(CC2(C(=O)O)CCS(=O)(=O)C2)cc1F. The van der Waals surface area contributed by atoms with Crippen LogP contribution in [-0.4, -0.2) is 38.1 Å². The molecule has 1 unspecified atom stereocenters. The predicted molar refractivity (Wildman–Crippen MR) is 70.0 cm³/mol. The third-order valence-electron chi connectivity index (χ3n) is 3.60. The van der Waals surface area contributed by atoms with Gasteiger partial charge in [-0.3, -0.25) is 4.79 Å². The van der Waals surface area contributed by atoms with Crippen molar-refractivity contribution in [1.82, 2.24) is 0 Å². The van der Waals surface area contributed by atoms with Gasteiger partial charge in [0.05, 0.1) is 24.0 Å². The average molecular weight is 302 g/mol. The highest BCUT2D eigenvalue weighted by Gasteiger charge is 2.48. The molecule has 1 N–H and O–H groups in total. The average Bonchev–Trinajstić information content (AvgIpc) is 2.66. The van der Waals surface area contributed by atoms with Gasteiger partial charge >= 0.3 is 5.97 Å². The number of methoxy groups -OCH3 is 1. The van der Waals surface area contributed by atoms with Crippen molar-refractivity contribution in [3.05, 3.63) is 29.6 Å². The molecule has 1 aliphatic rings. The second-order valence-corrected chi connectivity index (χ2v) is 7.26. The van der Waals surface area contributed by atoms with Crippen LogP contribution in [0.2, 0.25) is 0 Å². The van der Waals surface area contributed by atoms with Crippen molar-refractivity contribution in [3.63, 3.8) is 0 Å². The molecular weight excluding hydrogens is 287 g/mol. The molecule has 110 valence electrons. The molecule has 1 aromatic carbocycles. The fourth-order valence-electron chi connectivity index (χ4n) is 2.51. The van der Waals surface area contributed by atoms with Crippen molar-refractivity contribution >= 4 is 15.8 Å². The molecule has 1 aromatic rings. The normalized spacial score (nSPS) is 24.5. The molecule has 0 bridgehead atoms. The highest BCUT2D eigenvalue weighted by atomic mass is 32.2. The quantitative estimate of drug-likeness (QED) is 0.906. The number of carbonyl (C=O) groups is 1. The van der Waals surface area contributed by atoms with Gasteiger partial charge in [-0.05, 0) is 30.5 Å². The van der Waals surface area contributed by atoms with Gasteiger partial charge in [0.25, 0.3) is 0 Å². The molecule has 5 nitrogen and oxygen atoms in total. The van der Waals surface area contributed by atoms with Gasteiger partial charge in [0.15, 0.2) is 21.4 Å². The van der Waals surface area contributed by atoms with Crippen LogP contribution < -0.4 is 4.74 Å². The Morgan fingerprint density at radius 2 is 2.20 bits per heavy atom. The van der Waals surface area contributed by atoms with E-state index in [1.54, 1.807) is 6.07 Å². The van der Waals surface area contributed by atoms with Crippen LogP contribution in [0.1, 0.15) is 12.0 Å². The van der Waals surface area contributed by atoms with E-state index in [9.17, 15) is 22.7 Å². The van der Waals surface area contributed by atoms with Crippen molar-refractivity contribution in [1.29, 1.82) is 0 Å². The molecule has 0 saturated carbocycles. The first-order chi connectivity index (χ1) is 9.28. The lowest BCUT2D eigenvalue weighted by Crippen LogP contribution is -2.34. The molecular formula is C13H15FO5S. The first kappa shape index (κ1) is 14.8. The summed E-state index contributed by atoms with van der Waals surface area (Å²) in [6.45, 7) is 0. The summed E-state index contributed by atoms with van der Waals surface area (Å²) in [6.07, 6.45) is 0.0425. The van der Waals surface area contributed by atoms with Gasteiger partial charge in [0.1, 0.15) is 0 Å². The van der Waals surface area contributed by atoms with E-state index >= 15 is 0 Å². The number of halogens is 1. The molecule has 1 fully saturated rings. The Kier molecular flexibility index (Phi) is 3.73. The van der Waals surface area contributed by atoms with Crippen LogP contribution in [0.4, 0.5) is 4.39 Å². The molecule has 1 saturated heterocycles. The van der Waals surface area contributed by atoms with Crippen LogP contribution in [0.3, 0.4) is 0 Å². The Labute approximate surface area is 116 Å². The van der Waals surface area contributed by atoms with Gasteiger partial charge in [0, 0.05) is 0 Å². The van der Waals surface area contributed by atoms with Gasteiger partial charge < -0.3 is 9.84 Å². The number of carboxylic acid groups (broad SMARTS) is 1. The number of benzene rings is 1. The maximum absolute atomic E-state index is 13.6. The number of hydrogen-bond acceptors (Lipinski definition) is 4. The molecule has 0 radical (unpaired) electrons. The number of hydrogen-bond donors (Lipinski definition) is 1. The predicted octanol–water partition coefficient (Wildman–Crippen LogP) is 1.27. The zero-order valence-corrected chi connectivity index (χ0v) is 11.7. The summed E-state index contributed by atoms with van der Waals surface area (Å²) < 4.78 is 41.5. The summed E-state index contributed by atoms with van der Waals surface area (Å²) in [5, 5.41) is 9.34. The van der Waals surface area contributed by atoms with Crippen molar-refractivity contribution in [2.75, 3.05) is 18.6 Å². The van der Waals surface area contributed by atoms with E-state index in [0.717, 1.165) is 0 Å². The van der Waals surface area contributed by atoms with Gasteiger partial charge in [0.2, 0.25) is 0 Å². The van der Waals surface area contributed by atoms with Gasteiger partial charge in [-0.2, -0.15) is 0 Å². The Hall–Kier alpha value is -1.63. The zero-order chi connectivity index (χ0) is 15.0. The van der Waals surface area contributed by atoms with Crippen LogP contribution in [-0.2, 0) is 21.1 Å². The van der Waals surface area contributed by atoms with Crippen LogP contribution >= 0.6 is 0 Å². The largest absolute Gasteiger partial charge is 0.494 e. The summed E-state index contributed by atoms with van der Waals surface area (Å²) in [4.78, 5) is 11.4. The summed E-state index contributed by atoms with van der Waals surface area (Å²) >= 11 is 0. The number of rotatable bonds is 4. The topological polar surface area (TPSA) is 80.7 Å². The Morgan fingerprint density at radius 1 is 1.50 bits per heavy atom. The lowest BCUT2D eigenvalue weighted by atomic mass is 9.81. The third-order valence-corrected chi connectivity index (χ3v) is 5.42. The van der Waals surface area contributed by atoms with Crippen molar-refractivity contribution in [2.45, 2.75) is 12.8 Å². The molecule has 0 aliphatic carbocycles. The first-order valence-electron chi connectivity index (χ1n) is 6.04. The Bertz CT molecular complexity index is 640. The maximum atomic E-state index is 13.6. The highest BCUT2D eigenvalue weighted by molar-refractivity contribution is 7.91. The molecule has 0 spiro atoms. The van der Waals surface area contributed by atoms with Crippen molar-refractivity contribution < 1.29 is 27.4 Å². The van der Waals surface area contributed by atoms with Gasteiger partial charge in [-0.1, -0.05) is 6.07 Å². The molecule has 1 aliphatic heterocycles. The molecule has 1 atom stereocenters.